The summed E-state index contributed by atoms with van der Waals surface area (Å²) >= 11 is 2.45. The Morgan fingerprint density at radius 2 is 0.857 bits per heavy atom. The summed E-state index contributed by atoms with van der Waals surface area (Å²) in [6.07, 6.45) is 17.8. The fourth-order valence-corrected chi connectivity index (χ4v) is 3.71. The Balaban J connectivity index is 3.01. The van der Waals surface area contributed by atoms with E-state index in [1.807, 2.05) is 0 Å². The molecular formula is C16H34IO3P. The molecular weight excluding hydrogens is 398 g/mol. The first kappa shape index (κ1) is 21.9. The second-order valence-electron chi connectivity index (χ2n) is 6.03. The lowest BCUT2D eigenvalue weighted by atomic mass is 10.0. The minimum absolute atomic E-state index is 0.0604. The Labute approximate surface area is 145 Å². The Morgan fingerprint density at radius 1 is 0.571 bits per heavy atom. The van der Waals surface area contributed by atoms with Gasteiger partial charge in [0.1, 0.15) is 0 Å². The van der Waals surface area contributed by atoms with Gasteiger partial charge >= 0.3 is 7.60 Å². The Kier molecular flexibility index (Phi) is 16.4. The molecule has 0 amide bonds. The molecule has 0 aliphatic rings. The predicted octanol–water partition coefficient (Wildman–Crippen LogP) is 6.06. The van der Waals surface area contributed by atoms with Crippen LogP contribution in [-0.4, -0.2) is 20.4 Å². The molecule has 0 bridgehead atoms. The number of halogens is 1. The number of hydrogen-bond donors (Lipinski definition) is 2. The van der Waals surface area contributed by atoms with E-state index >= 15 is 0 Å². The molecule has 0 saturated carbocycles. The van der Waals surface area contributed by atoms with Crippen molar-refractivity contribution in [2.24, 2.45) is 0 Å². The Morgan fingerprint density at radius 3 is 1.14 bits per heavy atom. The fourth-order valence-electron chi connectivity index (χ4n) is 2.53. The standard InChI is InChI=1S/C16H34IO3P/c17-15-13-11-9-7-5-3-1-2-4-6-8-10-12-14-16-21(18,19)20/h1-16H2,(H2,18,19,20). The number of rotatable bonds is 16. The second kappa shape index (κ2) is 15.8. The van der Waals surface area contributed by atoms with Crippen LogP contribution in [-0.2, 0) is 4.57 Å². The van der Waals surface area contributed by atoms with Crippen molar-refractivity contribution >= 4 is 30.2 Å². The molecule has 0 aromatic carbocycles. The Hall–Kier alpha value is 0.880. The maximum atomic E-state index is 10.7. The van der Waals surface area contributed by atoms with E-state index < -0.39 is 7.60 Å². The zero-order valence-electron chi connectivity index (χ0n) is 13.4. The number of unbranched alkanes of at least 4 members (excludes halogenated alkanes) is 13. The van der Waals surface area contributed by atoms with Crippen molar-refractivity contribution < 1.29 is 14.4 Å². The van der Waals surface area contributed by atoms with Gasteiger partial charge in [-0.25, -0.2) is 0 Å². The quantitative estimate of drug-likeness (QED) is 0.135. The lowest BCUT2D eigenvalue weighted by Gasteiger charge is -2.04. The Bertz CT molecular complexity index is 256. The lowest BCUT2D eigenvalue weighted by molar-refractivity contribution is 0.370. The van der Waals surface area contributed by atoms with Gasteiger partial charge in [0.05, 0.1) is 0 Å². The van der Waals surface area contributed by atoms with Gasteiger partial charge in [0.15, 0.2) is 0 Å². The zero-order valence-corrected chi connectivity index (χ0v) is 16.5. The van der Waals surface area contributed by atoms with Crippen LogP contribution < -0.4 is 0 Å². The maximum Gasteiger partial charge on any atom is 0.325 e. The van der Waals surface area contributed by atoms with Crippen LogP contribution >= 0.6 is 30.2 Å². The largest absolute Gasteiger partial charge is 0.325 e. The van der Waals surface area contributed by atoms with Gasteiger partial charge in [-0.3, -0.25) is 4.57 Å². The monoisotopic (exact) mass is 432 g/mol. The molecule has 0 unspecified atom stereocenters. The molecule has 0 radical (unpaired) electrons. The van der Waals surface area contributed by atoms with E-state index in [4.69, 9.17) is 9.79 Å². The SMILES string of the molecule is O=P(O)(O)CCCCCCCCCCCCCCCCI. The first-order chi connectivity index (χ1) is 10.1. The second-order valence-corrected chi connectivity index (χ2v) is 8.88. The van der Waals surface area contributed by atoms with Crippen LogP contribution in [0, 0.1) is 0 Å². The van der Waals surface area contributed by atoms with E-state index in [1.165, 1.54) is 75.1 Å². The summed E-state index contributed by atoms with van der Waals surface area (Å²) in [5.74, 6) is 0. The molecule has 5 heteroatoms. The third-order valence-electron chi connectivity index (χ3n) is 3.83. The van der Waals surface area contributed by atoms with Crippen molar-refractivity contribution in [1.29, 1.82) is 0 Å². The third-order valence-corrected chi connectivity index (χ3v) is 5.49. The molecule has 0 aliphatic carbocycles. The van der Waals surface area contributed by atoms with E-state index in [2.05, 4.69) is 22.6 Å². The summed E-state index contributed by atoms with van der Waals surface area (Å²) < 4.78 is 12.0. The van der Waals surface area contributed by atoms with Crippen molar-refractivity contribution in [2.75, 3.05) is 10.6 Å². The minimum atomic E-state index is -3.75. The summed E-state index contributed by atoms with van der Waals surface area (Å²) in [4.78, 5) is 17.5. The maximum absolute atomic E-state index is 10.7. The van der Waals surface area contributed by atoms with Gasteiger partial charge in [-0.1, -0.05) is 99.6 Å². The summed E-state index contributed by atoms with van der Waals surface area (Å²) in [6, 6.07) is 0. The minimum Gasteiger partial charge on any atom is -0.324 e. The molecule has 0 rings (SSSR count). The highest BCUT2D eigenvalue weighted by molar-refractivity contribution is 14.1. The van der Waals surface area contributed by atoms with Gasteiger partial charge in [-0.2, -0.15) is 0 Å². The van der Waals surface area contributed by atoms with Crippen molar-refractivity contribution in [1.82, 2.24) is 0 Å². The van der Waals surface area contributed by atoms with Gasteiger partial charge in [0, 0.05) is 6.16 Å². The van der Waals surface area contributed by atoms with Gasteiger partial charge in [0.2, 0.25) is 0 Å². The fraction of sp³-hybridized carbons (Fsp3) is 1.00. The van der Waals surface area contributed by atoms with Crippen LogP contribution in [0.25, 0.3) is 0 Å². The molecule has 0 spiro atoms. The average molecular weight is 432 g/mol. The highest BCUT2D eigenvalue weighted by atomic mass is 127. The number of hydrogen-bond acceptors (Lipinski definition) is 1. The topological polar surface area (TPSA) is 57.5 Å². The summed E-state index contributed by atoms with van der Waals surface area (Å²) in [6.45, 7) is 0. The first-order valence-electron chi connectivity index (χ1n) is 8.67. The molecule has 3 nitrogen and oxygen atoms in total. The van der Waals surface area contributed by atoms with Gasteiger partial charge in [-0.15, -0.1) is 0 Å². The highest BCUT2D eigenvalue weighted by Gasteiger charge is 2.10. The van der Waals surface area contributed by atoms with E-state index in [9.17, 15) is 4.57 Å². The van der Waals surface area contributed by atoms with E-state index in [0.717, 1.165) is 12.8 Å². The van der Waals surface area contributed by atoms with Gasteiger partial charge in [0.25, 0.3) is 0 Å². The van der Waals surface area contributed by atoms with Crippen LogP contribution in [0.5, 0.6) is 0 Å². The average Bonchev–Trinajstić information content (AvgIpc) is 2.42. The molecule has 0 fully saturated rings. The van der Waals surface area contributed by atoms with E-state index in [-0.39, 0.29) is 6.16 Å². The van der Waals surface area contributed by atoms with Crippen LogP contribution in [0.2, 0.25) is 0 Å². The molecule has 0 aromatic heterocycles. The molecule has 0 aromatic rings. The predicted molar refractivity (Wildman–Crippen MR) is 100 cm³/mol. The van der Waals surface area contributed by atoms with Crippen LogP contribution in [0.4, 0.5) is 0 Å². The van der Waals surface area contributed by atoms with Crippen LogP contribution in [0.15, 0.2) is 0 Å². The van der Waals surface area contributed by atoms with Crippen molar-refractivity contribution in [3.05, 3.63) is 0 Å². The van der Waals surface area contributed by atoms with Crippen molar-refractivity contribution in [3.8, 4) is 0 Å². The molecule has 0 aliphatic heterocycles. The molecule has 128 valence electrons. The molecule has 0 heterocycles. The summed E-state index contributed by atoms with van der Waals surface area (Å²) in [5.41, 5.74) is 0. The highest BCUT2D eigenvalue weighted by Crippen LogP contribution is 2.35. The normalized spacial score (nSPS) is 12.0. The van der Waals surface area contributed by atoms with Crippen molar-refractivity contribution in [3.63, 3.8) is 0 Å². The van der Waals surface area contributed by atoms with Crippen LogP contribution in [0.3, 0.4) is 0 Å². The third kappa shape index (κ3) is 20.9. The van der Waals surface area contributed by atoms with Gasteiger partial charge < -0.3 is 9.79 Å². The molecule has 2 N–H and O–H groups in total. The number of alkyl halides is 1. The lowest BCUT2D eigenvalue weighted by Crippen LogP contribution is -1.88. The van der Waals surface area contributed by atoms with Crippen molar-refractivity contribution in [2.45, 2.75) is 89.9 Å². The van der Waals surface area contributed by atoms with E-state index in [0.29, 0.717) is 6.42 Å². The zero-order chi connectivity index (χ0) is 15.8. The molecule has 0 saturated heterocycles. The molecule has 21 heavy (non-hydrogen) atoms. The molecule has 0 atom stereocenters. The first-order valence-corrected chi connectivity index (χ1v) is 12.0. The smallest absolute Gasteiger partial charge is 0.324 e. The van der Waals surface area contributed by atoms with Crippen LogP contribution in [0.1, 0.15) is 89.9 Å². The summed E-state index contributed by atoms with van der Waals surface area (Å²) in [5, 5.41) is 0. The summed E-state index contributed by atoms with van der Waals surface area (Å²) in [7, 11) is -3.75. The van der Waals surface area contributed by atoms with E-state index in [1.54, 1.807) is 0 Å². The van der Waals surface area contributed by atoms with Gasteiger partial charge in [-0.05, 0) is 17.3 Å².